The number of carbonyl (C=O) groups is 2. The summed E-state index contributed by atoms with van der Waals surface area (Å²) in [6, 6.07) is 7.13. The quantitative estimate of drug-likeness (QED) is 0.859. The smallest absolute Gasteiger partial charge is 0.259 e. The Morgan fingerprint density at radius 1 is 1.29 bits per heavy atom. The Hall–Kier alpha value is -2.96. The van der Waals surface area contributed by atoms with Crippen molar-refractivity contribution in [1.29, 1.82) is 0 Å². The molecule has 2 aromatic rings. The molecule has 148 valence electrons. The Morgan fingerprint density at radius 3 is 2.68 bits per heavy atom. The third-order valence-electron chi connectivity index (χ3n) is 5.03. The van der Waals surface area contributed by atoms with Crippen molar-refractivity contribution in [2.75, 3.05) is 25.5 Å². The van der Waals surface area contributed by atoms with Gasteiger partial charge >= 0.3 is 0 Å². The molecule has 1 unspecified atom stereocenters. The molecule has 2 heterocycles. The number of piperidine rings is 1. The van der Waals surface area contributed by atoms with E-state index >= 15 is 0 Å². The molecule has 28 heavy (non-hydrogen) atoms. The fourth-order valence-corrected chi connectivity index (χ4v) is 3.42. The minimum Gasteiger partial charge on any atom is -0.497 e. The van der Waals surface area contributed by atoms with E-state index in [9.17, 15) is 9.59 Å². The maximum atomic E-state index is 12.6. The van der Waals surface area contributed by atoms with Crippen molar-refractivity contribution in [2.45, 2.75) is 39.0 Å². The first-order valence-corrected chi connectivity index (χ1v) is 9.58. The van der Waals surface area contributed by atoms with Crippen LogP contribution in [0.1, 0.15) is 54.0 Å². The fraction of sp³-hybridized carbons (Fsp3) is 0.429. The van der Waals surface area contributed by atoms with Crippen molar-refractivity contribution in [3.63, 3.8) is 0 Å². The van der Waals surface area contributed by atoms with Crippen molar-refractivity contribution in [1.82, 2.24) is 14.9 Å². The molecule has 0 saturated carbocycles. The molecule has 1 N–H and O–H groups in total. The van der Waals surface area contributed by atoms with Gasteiger partial charge in [-0.2, -0.15) is 0 Å². The number of hydrogen-bond acceptors (Lipinski definition) is 5. The van der Waals surface area contributed by atoms with Crippen LogP contribution < -0.4 is 10.1 Å². The molecule has 2 amide bonds. The Morgan fingerprint density at radius 2 is 2.04 bits per heavy atom. The molecule has 0 spiro atoms. The number of aryl methyl sites for hydroxylation is 1. The van der Waals surface area contributed by atoms with Gasteiger partial charge in [0.1, 0.15) is 11.6 Å². The minimum absolute atomic E-state index is 0.113. The molecule has 3 rings (SSSR count). The normalized spacial score (nSPS) is 16.5. The first-order valence-electron chi connectivity index (χ1n) is 9.58. The van der Waals surface area contributed by atoms with Gasteiger partial charge in [0.25, 0.3) is 5.91 Å². The number of aromatic nitrogens is 2. The molecule has 1 atom stereocenters. The fourth-order valence-electron chi connectivity index (χ4n) is 3.42. The predicted octanol–water partition coefficient (Wildman–Crippen LogP) is 3.16. The molecule has 7 nitrogen and oxygen atoms in total. The zero-order chi connectivity index (χ0) is 20.1. The lowest BCUT2D eigenvalue weighted by Gasteiger charge is -2.32. The van der Waals surface area contributed by atoms with E-state index in [4.69, 9.17) is 4.74 Å². The summed E-state index contributed by atoms with van der Waals surface area (Å²) in [5, 5.41) is 2.85. The van der Waals surface area contributed by atoms with Crippen LogP contribution in [0, 0.1) is 6.92 Å². The summed E-state index contributed by atoms with van der Waals surface area (Å²) in [6.45, 7) is 5.13. The molecule has 0 radical (unpaired) electrons. The summed E-state index contributed by atoms with van der Waals surface area (Å²) >= 11 is 0. The molecule has 7 heteroatoms. The van der Waals surface area contributed by atoms with Gasteiger partial charge in [-0.3, -0.25) is 9.59 Å². The number of methoxy groups -OCH3 is 1. The minimum atomic E-state index is -0.249. The predicted molar refractivity (Wildman–Crippen MR) is 107 cm³/mol. The number of likely N-dealkylation sites (tertiary alicyclic amines) is 1. The largest absolute Gasteiger partial charge is 0.497 e. The molecule has 1 fully saturated rings. The molecule has 1 aliphatic rings. The van der Waals surface area contributed by atoms with E-state index < -0.39 is 0 Å². The van der Waals surface area contributed by atoms with E-state index in [-0.39, 0.29) is 17.7 Å². The van der Waals surface area contributed by atoms with Gasteiger partial charge in [0.05, 0.1) is 18.4 Å². The van der Waals surface area contributed by atoms with Crippen molar-refractivity contribution in [3.05, 3.63) is 47.5 Å². The van der Waals surface area contributed by atoms with Gasteiger partial charge in [-0.05, 0) is 44.0 Å². The van der Waals surface area contributed by atoms with E-state index in [0.717, 1.165) is 25.1 Å². The van der Waals surface area contributed by atoms with E-state index in [2.05, 4.69) is 15.3 Å². The standard InChI is InChI=1S/C21H26N4O3/c1-4-19(26)25-11-5-6-15(13-25)20-22-12-18(14(2)23-20)21(27)24-16-7-9-17(28-3)10-8-16/h7-10,12,15H,4-6,11,13H2,1-3H3,(H,24,27). The van der Waals surface area contributed by atoms with Gasteiger partial charge < -0.3 is 15.0 Å². The zero-order valence-corrected chi connectivity index (χ0v) is 16.6. The number of nitrogens with one attached hydrogen (secondary N) is 1. The Kier molecular flexibility index (Phi) is 6.23. The molecule has 1 saturated heterocycles. The SMILES string of the molecule is CCC(=O)N1CCCC(c2ncc(C(=O)Nc3ccc(OC)cc3)c(C)n2)C1. The Labute approximate surface area is 165 Å². The third kappa shape index (κ3) is 4.47. The van der Waals surface area contributed by atoms with Crippen LogP contribution in [0.4, 0.5) is 5.69 Å². The highest BCUT2D eigenvalue weighted by Gasteiger charge is 2.26. The van der Waals surface area contributed by atoms with Gasteiger partial charge in [0, 0.05) is 37.3 Å². The molecule has 1 aliphatic heterocycles. The van der Waals surface area contributed by atoms with E-state index in [1.54, 1.807) is 37.6 Å². The second kappa shape index (κ2) is 8.82. The maximum absolute atomic E-state index is 12.6. The molecular weight excluding hydrogens is 356 g/mol. The van der Waals surface area contributed by atoms with Gasteiger partial charge in [-0.1, -0.05) is 6.92 Å². The van der Waals surface area contributed by atoms with E-state index in [1.807, 2.05) is 18.7 Å². The number of hydrogen-bond donors (Lipinski definition) is 1. The molecule has 1 aromatic carbocycles. The average molecular weight is 382 g/mol. The highest BCUT2D eigenvalue weighted by molar-refractivity contribution is 6.04. The monoisotopic (exact) mass is 382 g/mol. The van der Waals surface area contributed by atoms with Crippen LogP contribution in [0.15, 0.2) is 30.5 Å². The number of benzene rings is 1. The summed E-state index contributed by atoms with van der Waals surface area (Å²) < 4.78 is 5.12. The lowest BCUT2D eigenvalue weighted by Crippen LogP contribution is -2.39. The summed E-state index contributed by atoms with van der Waals surface area (Å²) in [6.07, 6.45) is 3.98. The first kappa shape index (κ1) is 19.8. The van der Waals surface area contributed by atoms with Crippen LogP contribution in [0.25, 0.3) is 0 Å². The van der Waals surface area contributed by atoms with Crippen LogP contribution in [0.5, 0.6) is 5.75 Å². The van der Waals surface area contributed by atoms with E-state index in [1.165, 1.54) is 0 Å². The molecule has 0 bridgehead atoms. The first-order chi connectivity index (χ1) is 13.5. The highest BCUT2D eigenvalue weighted by atomic mass is 16.5. The Balaban J connectivity index is 1.70. The lowest BCUT2D eigenvalue weighted by atomic mass is 9.96. The molecular formula is C21H26N4O3. The number of carbonyl (C=O) groups excluding carboxylic acids is 2. The second-order valence-corrected chi connectivity index (χ2v) is 6.94. The van der Waals surface area contributed by atoms with Crippen LogP contribution in [0.3, 0.4) is 0 Å². The van der Waals surface area contributed by atoms with Crippen LogP contribution in [-0.4, -0.2) is 46.9 Å². The summed E-state index contributed by atoms with van der Waals surface area (Å²) in [4.78, 5) is 35.5. The molecule has 1 aromatic heterocycles. The van der Waals surface area contributed by atoms with Crippen molar-refractivity contribution in [2.24, 2.45) is 0 Å². The number of anilines is 1. The summed E-state index contributed by atoms with van der Waals surface area (Å²) in [7, 11) is 1.60. The zero-order valence-electron chi connectivity index (χ0n) is 16.6. The number of amides is 2. The Bertz CT molecular complexity index is 851. The third-order valence-corrected chi connectivity index (χ3v) is 5.03. The summed E-state index contributed by atoms with van der Waals surface area (Å²) in [5.41, 5.74) is 1.75. The maximum Gasteiger partial charge on any atom is 0.259 e. The number of rotatable bonds is 5. The van der Waals surface area contributed by atoms with Crippen molar-refractivity contribution >= 4 is 17.5 Å². The second-order valence-electron chi connectivity index (χ2n) is 6.94. The number of ether oxygens (including phenoxy) is 1. The van der Waals surface area contributed by atoms with Crippen molar-refractivity contribution in [3.8, 4) is 5.75 Å². The molecule has 0 aliphatic carbocycles. The van der Waals surface area contributed by atoms with E-state index in [0.29, 0.717) is 35.7 Å². The average Bonchev–Trinajstić information content (AvgIpc) is 2.73. The van der Waals surface area contributed by atoms with Crippen molar-refractivity contribution < 1.29 is 14.3 Å². The summed E-state index contributed by atoms with van der Waals surface area (Å²) in [5.74, 6) is 1.45. The van der Waals surface area contributed by atoms with Crippen LogP contribution in [0.2, 0.25) is 0 Å². The topological polar surface area (TPSA) is 84.4 Å². The highest BCUT2D eigenvalue weighted by Crippen LogP contribution is 2.25. The number of nitrogens with zero attached hydrogens (tertiary/aromatic N) is 3. The van der Waals surface area contributed by atoms with Gasteiger partial charge in [-0.15, -0.1) is 0 Å². The van der Waals surface area contributed by atoms with Gasteiger partial charge in [0.15, 0.2) is 0 Å². The van der Waals surface area contributed by atoms with Gasteiger partial charge in [-0.25, -0.2) is 9.97 Å². The van der Waals surface area contributed by atoms with Crippen LogP contribution in [-0.2, 0) is 4.79 Å². The van der Waals surface area contributed by atoms with Gasteiger partial charge in [0.2, 0.25) is 5.91 Å². The lowest BCUT2D eigenvalue weighted by molar-refractivity contribution is -0.132. The van der Waals surface area contributed by atoms with Crippen LogP contribution >= 0.6 is 0 Å².